The largest absolute Gasteiger partial charge is 0.480 e. The van der Waals surface area contributed by atoms with Gasteiger partial charge in [-0.05, 0) is 45.1 Å². The van der Waals surface area contributed by atoms with E-state index in [-0.39, 0.29) is 25.7 Å². The number of unbranched alkanes of at least 4 members (excludes halogenated alkanes) is 12. The summed E-state index contributed by atoms with van der Waals surface area (Å²) < 4.78 is 0. The summed E-state index contributed by atoms with van der Waals surface area (Å²) in [5, 5.41) is 25.9. The number of aliphatic carboxylic acids is 1. The number of allylic oxidation sites excluding steroid dienone is 2. The molecule has 0 spiro atoms. The number of hydrogen-bond acceptors (Lipinski definition) is 5. The van der Waals surface area contributed by atoms with Gasteiger partial charge in [0.1, 0.15) is 6.54 Å². The summed E-state index contributed by atoms with van der Waals surface area (Å²) in [7, 11) is 1.55. The molecule has 0 unspecified atom stereocenters. The van der Waals surface area contributed by atoms with Crippen molar-refractivity contribution in [1.82, 2.24) is 9.80 Å². The minimum absolute atomic E-state index is 0.0694. The van der Waals surface area contributed by atoms with E-state index in [1.807, 2.05) is 0 Å². The summed E-state index contributed by atoms with van der Waals surface area (Å²) in [5.74, 6) is -1.03. The Bertz CT molecular complexity index is 508. The number of nitrogens with zero attached hydrogens (tertiary/aromatic N) is 2. The molecule has 0 aromatic heterocycles. The molecule has 0 aliphatic rings. The molecule has 214 valence electrons. The zero-order valence-electron chi connectivity index (χ0n) is 23.8. The van der Waals surface area contributed by atoms with Crippen LogP contribution >= 0.6 is 0 Å². The fraction of sp³-hybridized carbons (Fsp3) is 0.862. The number of likely N-dealkylation sites (N-methyl/N-ethyl adjacent to an activating group) is 1. The maximum atomic E-state index is 11.7. The Morgan fingerprint density at radius 1 is 0.667 bits per heavy atom. The van der Waals surface area contributed by atoms with E-state index < -0.39 is 5.97 Å². The van der Waals surface area contributed by atoms with Crippen LogP contribution in [0.25, 0.3) is 0 Å². The van der Waals surface area contributed by atoms with E-state index in [4.69, 9.17) is 15.3 Å². The number of aliphatic hydroxyl groups excluding tert-OH is 2. The molecule has 0 fully saturated rings. The summed E-state index contributed by atoms with van der Waals surface area (Å²) in [5.41, 5.74) is 0. The standard InChI is InChI=1S/C21H39NO3.C8H19NO2/c1-3-4-5-6-7-8-9-10-11-12-13-14-15-16-17-18-20(23)22(2)19-21(24)25;1-2-3-4-9(5-7-10)6-8-11/h10-11H,3-9,12-19H2,1-2H3,(H,24,25);10-11H,2-8H2,1H3. The molecule has 0 atom stereocenters. The maximum absolute atomic E-state index is 11.7. The van der Waals surface area contributed by atoms with Crippen molar-refractivity contribution < 1.29 is 24.9 Å². The van der Waals surface area contributed by atoms with Gasteiger partial charge in [0.25, 0.3) is 0 Å². The van der Waals surface area contributed by atoms with E-state index in [0.29, 0.717) is 19.5 Å². The number of carboxylic acid groups (broad SMARTS) is 1. The van der Waals surface area contributed by atoms with Crippen LogP contribution in [0.2, 0.25) is 0 Å². The van der Waals surface area contributed by atoms with Gasteiger partial charge in [0, 0.05) is 26.6 Å². The van der Waals surface area contributed by atoms with E-state index in [9.17, 15) is 9.59 Å². The average Bonchev–Trinajstić information content (AvgIpc) is 2.85. The molecule has 0 aromatic carbocycles. The van der Waals surface area contributed by atoms with Gasteiger partial charge in [0.15, 0.2) is 0 Å². The summed E-state index contributed by atoms with van der Waals surface area (Å²) in [6, 6.07) is 0. The highest BCUT2D eigenvalue weighted by Crippen LogP contribution is 2.10. The van der Waals surface area contributed by atoms with Gasteiger partial charge in [-0.25, -0.2) is 0 Å². The lowest BCUT2D eigenvalue weighted by Crippen LogP contribution is -2.31. The van der Waals surface area contributed by atoms with Crippen LogP contribution < -0.4 is 0 Å². The summed E-state index contributed by atoms with van der Waals surface area (Å²) in [4.78, 5) is 25.6. The molecule has 0 aliphatic carbocycles. The molecule has 0 aliphatic heterocycles. The van der Waals surface area contributed by atoms with Gasteiger partial charge in [0.2, 0.25) is 5.91 Å². The van der Waals surface area contributed by atoms with Crippen molar-refractivity contribution in [2.45, 2.75) is 117 Å². The minimum Gasteiger partial charge on any atom is -0.480 e. The van der Waals surface area contributed by atoms with Crippen LogP contribution in [0, 0.1) is 0 Å². The number of rotatable bonds is 24. The molecule has 0 saturated heterocycles. The number of carboxylic acids is 1. The van der Waals surface area contributed by atoms with Crippen LogP contribution in [0.3, 0.4) is 0 Å². The highest BCUT2D eigenvalue weighted by atomic mass is 16.4. The molecular formula is C29H58N2O5. The highest BCUT2D eigenvalue weighted by molar-refractivity contribution is 5.80. The Morgan fingerprint density at radius 2 is 1.14 bits per heavy atom. The molecular weight excluding hydrogens is 456 g/mol. The monoisotopic (exact) mass is 514 g/mol. The molecule has 3 N–H and O–H groups in total. The van der Waals surface area contributed by atoms with Gasteiger partial charge in [-0.15, -0.1) is 0 Å². The van der Waals surface area contributed by atoms with Crippen LogP contribution in [0.15, 0.2) is 12.2 Å². The van der Waals surface area contributed by atoms with Crippen LogP contribution in [0.4, 0.5) is 0 Å². The van der Waals surface area contributed by atoms with Crippen LogP contribution in [0.5, 0.6) is 0 Å². The van der Waals surface area contributed by atoms with Gasteiger partial charge in [0.05, 0.1) is 13.2 Å². The van der Waals surface area contributed by atoms with E-state index >= 15 is 0 Å². The van der Waals surface area contributed by atoms with Gasteiger partial charge >= 0.3 is 5.97 Å². The Morgan fingerprint density at radius 3 is 1.61 bits per heavy atom. The maximum Gasteiger partial charge on any atom is 0.323 e. The SMILES string of the molecule is CCCCCCCCC=CCCCCCCCC(=O)N(C)CC(=O)O.CCCCN(CCO)CCO. The smallest absolute Gasteiger partial charge is 0.323 e. The van der Waals surface area contributed by atoms with Crippen molar-refractivity contribution >= 4 is 11.9 Å². The zero-order valence-corrected chi connectivity index (χ0v) is 23.8. The fourth-order valence-corrected chi connectivity index (χ4v) is 3.83. The van der Waals surface area contributed by atoms with E-state index in [1.54, 1.807) is 7.05 Å². The van der Waals surface area contributed by atoms with Crippen molar-refractivity contribution in [3.8, 4) is 0 Å². The third-order valence-corrected chi connectivity index (χ3v) is 6.11. The second-order valence-electron chi connectivity index (χ2n) is 9.62. The van der Waals surface area contributed by atoms with Crippen LogP contribution in [-0.4, -0.2) is 83.4 Å². The number of aliphatic hydroxyl groups is 2. The number of hydrogen-bond donors (Lipinski definition) is 3. The average molecular weight is 515 g/mol. The molecule has 0 bridgehead atoms. The Balaban J connectivity index is 0. The molecule has 36 heavy (non-hydrogen) atoms. The summed E-state index contributed by atoms with van der Waals surface area (Å²) in [6.07, 6.45) is 23.4. The molecule has 0 saturated carbocycles. The van der Waals surface area contributed by atoms with E-state index in [0.717, 1.165) is 45.1 Å². The van der Waals surface area contributed by atoms with Gasteiger partial charge < -0.3 is 20.2 Å². The van der Waals surface area contributed by atoms with E-state index in [2.05, 4.69) is 30.9 Å². The first kappa shape index (κ1) is 36.7. The Kier molecular flexibility index (Phi) is 30.4. The van der Waals surface area contributed by atoms with Gasteiger partial charge in [-0.2, -0.15) is 0 Å². The quantitative estimate of drug-likeness (QED) is 0.114. The van der Waals surface area contributed by atoms with Crippen molar-refractivity contribution in [3.05, 3.63) is 12.2 Å². The number of amides is 1. The van der Waals surface area contributed by atoms with Gasteiger partial charge in [-0.1, -0.05) is 83.8 Å². The summed E-state index contributed by atoms with van der Waals surface area (Å²) >= 11 is 0. The molecule has 0 rings (SSSR count). The topological polar surface area (TPSA) is 101 Å². The zero-order chi connectivity index (χ0) is 27.3. The van der Waals surface area contributed by atoms with Crippen LogP contribution in [-0.2, 0) is 9.59 Å². The highest BCUT2D eigenvalue weighted by Gasteiger charge is 2.11. The van der Waals surface area contributed by atoms with Crippen molar-refractivity contribution in [2.24, 2.45) is 0 Å². The fourth-order valence-electron chi connectivity index (χ4n) is 3.83. The molecule has 0 heterocycles. The molecule has 0 radical (unpaired) electrons. The predicted molar refractivity (Wildman–Crippen MR) is 150 cm³/mol. The lowest BCUT2D eigenvalue weighted by atomic mass is 10.1. The first-order chi connectivity index (χ1) is 17.4. The second-order valence-corrected chi connectivity index (χ2v) is 9.62. The molecule has 7 heteroatoms. The second kappa shape index (κ2) is 29.8. The van der Waals surface area contributed by atoms with Crippen molar-refractivity contribution in [3.63, 3.8) is 0 Å². The third-order valence-electron chi connectivity index (χ3n) is 6.11. The lowest BCUT2D eigenvalue weighted by molar-refractivity contribution is -0.143. The normalized spacial score (nSPS) is 11.1. The Hall–Kier alpha value is -1.44. The van der Waals surface area contributed by atoms with Crippen molar-refractivity contribution in [1.29, 1.82) is 0 Å². The van der Waals surface area contributed by atoms with Gasteiger partial charge in [-0.3, -0.25) is 14.5 Å². The van der Waals surface area contributed by atoms with Crippen LogP contribution in [0.1, 0.15) is 117 Å². The number of carbonyl (C=O) groups is 2. The van der Waals surface area contributed by atoms with Crippen molar-refractivity contribution in [2.75, 3.05) is 46.4 Å². The summed E-state index contributed by atoms with van der Waals surface area (Å²) in [6.45, 7) is 6.90. The molecule has 1 amide bonds. The van der Waals surface area contributed by atoms with E-state index in [1.165, 1.54) is 62.7 Å². The third kappa shape index (κ3) is 28.8. The molecule has 0 aromatic rings. The lowest BCUT2D eigenvalue weighted by Gasteiger charge is -2.19. The first-order valence-corrected chi connectivity index (χ1v) is 14.5. The molecule has 7 nitrogen and oxygen atoms in total. The first-order valence-electron chi connectivity index (χ1n) is 14.5. The number of carbonyl (C=O) groups excluding carboxylic acids is 1. The minimum atomic E-state index is -0.958. The Labute approximate surface area is 221 Å². The predicted octanol–water partition coefficient (Wildman–Crippen LogP) is 5.64.